The summed E-state index contributed by atoms with van der Waals surface area (Å²) in [6.07, 6.45) is 11.1. The minimum Gasteiger partial charge on any atom is -0.465 e. The van der Waals surface area contributed by atoms with Gasteiger partial charge >= 0.3 is 5.97 Å². The van der Waals surface area contributed by atoms with E-state index in [1.54, 1.807) is 0 Å². The molecule has 1 aromatic carbocycles. The van der Waals surface area contributed by atoms with Crippen molar-refractivity contribution in [3.05, 3.63) is 35.0 Å². The molecule has 4 saturated carbocycles. The van der Waals surface area contributed by atoms with Gasteiger partial charge in [0.2, 0.25) is 0 Å². The number of aromatic nitrogens is 1. The zero-order valence-electron chi connectivity index (χ0n) is 15.1. The zero-order chi connectivity index (χ0) is 17.7. The van der Waals surface area contributed by atoms with Crippen molar-refractivity contribution in [2.75, 3.05) is 6.61 Å². The van der Waals surface area contributed by atoms with E-state index in [0.29, 0.717) is 6.61 Å². The molecule has 3 nitrogen and oxygen atoms in total. The molecule has 4 aliphatic carbocycles. The molecule has 4 fully saturated rings. The van der Waals surface area contributed by atoms with Crippen LogP contribution in [0.3, 0.4) is 0 Å². The number of halogens is 1. The summed E-state index contributed by atoms with van der Waals surface area (Å²) in [5.41, 5.74) is 2.21. The molecule has 0 spiro atoms. The van der Waals surface area contributed by atoms with Gasteiger partial charge in [0.05, 0.1) is 12.0 Å². The van der Waals surface area contributed by atoms with Crippen LogP contribution in [-0.2, 0) is 16.0 Å². The molecular weight excluding hydrogens is 346 g/mol. The van der Waals surface area contributed by atoms with Gasteiger partial charge in [-0.2, -0.15) is 0 Å². The van der Waals surface area contributed by atoms with Crippen molar-refractivity contribution in [2.45, 2.75) is 51.4 Å². The van der Waals surface area contributed by atoms with Crippen LogP contribution in [0.2, 0.25) is 5.02 Å². The molecule has 0 radical (unpaired) electrons. The van der Waals surface area contributed by atoms with Crippen LogP contribution >= 0.6 is 11.6 Å². The molecule has 4 heteroatoms. The number of carbonyl (C=O) groups excluding carboxylic acids is 1. The fraction of sp³-hybridized carbons (Fsp3) is 0.591. The van der Waals surface area contributed by atoms with Crippen LogP contribution in [-0.4, -0.2) is 17.6 Å². The highest BCUT2D eigenvalue weighted by Gasteiger charge is 2.55. The lowest BCUT2D eigenvalue weighted by molar-refractivity contribution is -0.171. The standard InChI is InChI=1S/C22H26ClNO2/c23-18-3-4-20-19(9-18)17(13-24-20)2-1-5-26-21(25)22-10-14-6-15(11-22)8-16(7-14)12-22/h3-4,9,13-16,24H,1-2,5-8,10-12H2. The summed E-state index contributed by atoms with van der Waals surface area (Å²) in [7, 11) is 0. The number of nitrogens with one attached hydrogen (secondary N) is 1. The van der Waals surface area contributed by atoms with Gasteiger partial charge < -0.3 is 9.72 Å². The number of H-pyrrole nitrogens is 1. The van der Waals surface area contributed by atoms with E-state index in [9.17, 15) is 4.79 Å². The number of fused-ring (bicyclic) bond motifs is 1. The lowest BCUT2D eigenvalue weighted by Gasteiger charge is -2.55. The number of rotatable bonds is 5. The highest BCUT2D eigenvalue weighted by molar-refractivity contribution is 6.31. The van der Waals surface area contributed by atoms with Crippen LogP contribution < -0.4 is 0 Å². The summed E-state index contributed by atoms with van der Waals surface area (Å²) in [6.45, 7) is 0.522. The first-order valence-electron chi connectivity index (χ1n) is 10.0. The highest BCUT2D eigenvalue weighted by Crippen LogP contribution is 2.60. The molecule has 0 aliphatic heterocycles. The molecule has 2 aromatic rings. The molecule has 1 aromatic heterocycles. The molecule has 0 amide bonds. The van der Waals surface area contributed by atoms with E-state index < -0.39 is 0 Å². The van der Waals surface area contributed by atoms with Crippen LogP contribution in [0.5, 0.6) is 0 Å². The summed E-state index contributed by atoms with van der Waals surface area (Å²) in [5, 5.41) is 1.93. The van der Waals surface area contributed by atoms with Gasteiger partial charge in [0.25, 0.3) is 0 Å². The topological polar surface area (TPSA) is 42.1 Å². The van der Waals surface area contributed by atoms with Gasteiger partial charge in [-0.3, -0.25) is 4.79 Å². The Labute approximate surface area is 159 Å². The SMILES string of the molecule is O=C(OCCCc1c[nH]c2ccc(Cl)cc12)C12CC3CC(CC(C3)C1)C2. The summed E-state index contributed by atoms with van der Waals surface area (Å²) in [6, 6.07) is 5.91. The van der Waals surface area contributed by atoms with Gasteiger partial charge in [-0.25, -0.2) is 0 Å². The minimum atomic E-state index is -0.136. The predicted octanol–water partition coefficient (Wildman–Crippen LogP) is 5.51. The number of hydrogen-bond acceptors (Lipinski definition) is 2. The van der Waals surface area contributed by atoms with Gasteiger partial charge in [-0.15, -0.1) is 0 Å². The number of aromatic amines is 1. The van der Waals surface area contributed by atoms with Crippen molar-refractivity contribution < 1.29 is 9.53 Å². The Morgan fingerprint density at radius 1 is 1.15 bits per heavy atom. The second kappa shape index (κ2) is 6.30. The lowest BCUT2D eigenvalue weighted by Crippen LogP contribution is -2.50. The van der Waals surface area contributed by atoms with E-state index in [1.807, 2.05) is 24.4 Å². The van der Waals surface area contributed by atoms with Gasteiger partial charge in [0.15, 0.2) is 0 Å². The van der Waals surface area contributed by atoms with E-state index in [0.717, 1.165) is 60.4 Å². The summed E-state index contributed by atoms with van der Waals surface area (Å²) in [4.78, 5) is 16.2. The molecule has 0 unspecified atom stereocenters. The molecule has 138 valence electrons. The number of esters is 1. The monoisotopic (exact) mass is 371 g/mol. The third-order valence-electron chi connectivity index (χ3n) is 7.02. The summed E-state index contributed by atoms with van der Waals surface area (Å²) in [5.74, 6) is 2.44. The third-order valence-corrected chi connectivity index (χ3v) is 7.26. The quantitative estimate of drug-likeness (QED) is 0.556. The number of hydrogen-bond donors (Lipinski definition) is 1. The molecule has 26 heavy (non-hydrogen) atoms. The van der Waals surface area contributed by atoms with Crippen LogP contribution in [0.25, 0.3) is 10.9 Å². The second-order valence-corrected chi connectivity index (χ2v) is 9.38. The predicted molar refractivity (Wildman–Crippen MR) is 103 cm³/mol. The van der Waals surface area contributed by atoms with Gasteiger partial charge in [0.1, 0.15) is 0 Å². The number of benzene rings is 1. The van der Waals surface area contributed by atoms with Crippen molar-refractivity contribution in [3.63, 3.8) is 0 Å². The molecular formula is C22H26ClNO2. The van der Waals surface area contributed by atoms with Crippen LogP contribution in [0.15, 0.2) is 24.4 Å². The van der Waals surface area contributed by atoms with E-state index >= 15 is 0 Å². The van der Waals surface area contributed by atoms with Crippen molar-refractivity contribution in [2.24, 2.45) is 23.2 Å². The molecule has 1 heterocycles. The van der Waals surface area contributed by atoms with Crippen LogP contribution in [0, 0.1) is 23.2 Å². The second-order valence-electron chi connectivity index (χ2n) is 8.94. The molecule has 6 rings (SSSR count). The average Bonchev–Trinajstić information content (AvgIpc) is 2.99. The first-order valence-corrected chi connectivity index (χ1v) is 10.4. The minimum absolute atomic E-state index is 0.0959. The number of ether oxygens (including phenoxy) is 1. The molecule has 1 N–H and O–H groups in total. The molecule has 4 bridgehead atoms. The van der Waals surface area contributed by atoms with E-state index in [4.69, 9.17) is 16.3 Å². The molecule has 0 atom stereocenters. The van der Waals surface area contributed by atoms with Crippen LogP contribution in [0.1, 0.15) is 50.5 Å². The largest absolute Gasteiger partial charge is 0.465 e. The molecule has 0 saturated heterocycles. The normalized spacial score (nSPS) is 32.3. The van der Waals surface area contributed by atoms with E-state index in [1.165, 1.54) is 30.2 Å². The third kappa shape index (κ3) is 2.85. The van der Waals surface area contributed by atoms with Crippen molar-refractivity contribution in [1.29, 1.82) is 0 Å². The number of carbonyl (C=O) groups is 1. The van der Waals surface area contributed by atoms with Crippen LogP contribution in [0.4, 0.5) is 0 Å². The van der Waals surface area contributed by atoms with E-state index in [2.05, 4.69) is 4.98 Å². The first-order chi connectivity index (χ1) is 12.6. The van der Waals surface area contributed by atoms with E-state index in [-0.39, 0.29) is 11.4 Å². The Kier molecular flexibility index (Phi) is 4.04. The van der Waals surface area contributed by atoms with Gasteiger partial charge in [-0.1, -0.05) is 11.6 Å². The molecule has 4 aliphatic rings. The fourth-order valence-corrected chi connectivity index (χ4v) is 6.47. The average molecular weight is 372 g/mol. The summed E-state index contributed by atoms with van der Waals surface area (Å²) < 4.78 is 5.79. The number of aryl methyl sites for hydroxylation is 1. The Hall–Kier alpha value is -1.48. The Bertz CT molecular complexity index is 804. The first kappa shape index (κ1) is 16.7. The zero-order valence-corrected chi connectivity index (χ0v) is 15.9. The Morgan fingerprint density at radius 3 is 2.54 bits per heavy atom. The van der Waals surface area contributed by atoms with Crippen molar-refractivity contribution in [1.82, 2.24) is 4.98 Å². The Balaban J connectivity index is 1.18. The maximum atomic E-state index is 12.9. The van der Waals surface area contributed by atoms with Crippen molar-refractivity contribution >= 4 is 28.5 Å². The lowest BCUT2D eigenvalue weighted by atomic mass is 9.49. The highest BCUT2D eigenvalue weighted by atomic mass is 35.5. The van der Waals surface area contributed by atoms with Crippen molar-refractivity contribution in [3.8, 4) is 0 Å². The van der Waals surface area contributed by atoms with Gasteiger partial charge in [0, 0.05) is 22.1 Å². The Morgan fingerprint density at radius 2 is 1.85 bits per heavy atom. The van der Waals surface area contributed by atoms with Gasteiger partial charge in [-0.05, 0) is 92.9 Å². The maximum Gasteiger partial charge on any atom is 0.312 e. The maximum absolute atomic E-state index is 12.9. The fourth-order valence-electron chi connectivity index (χ4n) is 6.30. The smallest absolute Gasteiger partial charge is 0.312 e. The summed E-state index contributed by atoms with van der Waals surface area (Å²) >= 11 is 6.12.